The third kappa shape index (κ3) is 3.07. The van der Waals surface area contributed by atoms with Crippen LogP contribution in [0.3, 0.4) is 0 Å². The molecule has 1 saturated heterocycles. The topological polar surface area (TPSA) is 61.4 Å². The number of nitrogens with zero attached hydrogens (tertiary/aromatic N) is 2. The summed E-state index contributed by atoms with van der Waals surface area (Å²) in [5, 5.41) is 10.0. The number of unbranched alkanes of at least 4 members (excludes halogenated alkanes) is 1. The van der Waals surface area contributed by atoms with Crippen LogP contribution in [0.2, 0.25) is 0 Å². The molecule has 0 aromatic carbocycles. The molecule has 1 saturated carbocycles. The molecule has 2 heterocycles. The van der Waals surface area contributed by atoms with Crippen LogP contribution in [0, 0.1) is 0 Å². The van der Waals surface area contributed by atoms with Crippen LogP contribution >= 0.6 is 0 Å². The highest BCUT2D eigenvalue weighted by Gasteiger charge is 2.50. The van der Waals surface area contributed by atoms with Crippen LogP contribution in [0.4, 0.5) is 0 Å². The van der Waals surface area contributed by atoms with Crippen LogP contribution in [0.15, 0.2) is 6.20 Å². The number of hydrogen-bond donors (Lipinski definition) is 2. The lowest BCUT2D eigenvalue weighted by molar-refractivity contribution is -0.0880. The first kappa shape index (κ1) is 16.0. The average molecular weight is 307 g/mol. The number of nitrogens with one attached hydrogen (secondary N) is 1. The van der Waals surface area contributed by atoms with Crippen LogP contribution in [-0.2, 0) is 17.7 Å². The number of likely N-dealkylation sites (tertiary alicyclic amines) is 1. The molecule has 1 aromatic heterocycles. The van der Waals surface area contributed by atoms with Crippen LogP contribution < -0.4 is 0 Å². The number of fused-ring (bicyclic) bond motifs is 1. The zero-order valence-electron chi connectivity index (χ0n) is 13.8. The van der Waals surface area contributed by atoms with Gasteiger partial charge in [0.05, 0.1) is 11.7 Å². The minimum atomic E-state index is -0.184. The first-order valence-electron chi connectivity index (χ1n) is 8.67. The van der Waals surface area contributed by atoms with Gasteiger partial charge in [-0.1, -0.05) is 13.3 Å². The van der Waals surface area contributed by atoms with Crippen molar-refractivity contribution in [3.63, 3.8) is 0 Å². The van der Waals surface area contributed by atoms with Gasteiger partial charge in [-0.15, -0.1) is 0 Å². The van der Waals surface area contributed by atoms with Gasteiger partial charge in [0.15, 0.2) is 0 Å². The van der Waals surface area contributed by atoms with E-state index in [1.54, 1.807) is 0 Å². The van der Waals surface area contributed by atoms with E-state index in [-0.39, 0.29) is 11.7 Å². The van der Waals surface area contributed by atoms with Crippen molar-refractivity contribution in [1.29, 1.82) is 0 Å². The van der Waals surface area contributed by atoms with E-state index in [0.717, 1.165) is 51.0 Å². The normalized spacial score (nSPS) is 32.3. The van der Waals surface area contributed by atoms with E-state index in [1.165, 1.54) is 18.5 Å². The molecular formula is C17H29N3O2. The fraction of sp³-hybridized carbons (Fsp3) is 0.824. The van der Waals surface area contributed by atoms with Crippen molar-refractivity contribution in [2.75, 3.05) is 13.7 Å². The summed E-state index contributed by atoms with van der Waals surface area (Å²) in [6.07, 6.45) is 8.91. The number of rotatable bonds is 6. The summed E-state index contributed by atoms with van der Waals surface area (Å²) in [6.45, 7) is 4.11. The summed E-state index contributed by atoms with van der Waals surface area (Å²) < 4.78 is 5.90. The zero-order valence-corrected chi connectivity index (χ0v) is 13.8. The van der Waals surface area contributed by atoms with Crippen molar-refractivity contribution in [3.05, 3.63) is 17.7 Å². The number of aliphatic hydroxyl groups excluding tert-OH is 1. The SMILES string of the molecule is CCCCc1ncc(CN2CC[C@]3(OC)CC[C@H](O)C[C@H]23)[nH]1. The van der Waals surface area contributed by atoms with Gasteiger partial charge in [-0.05, 0) is 32.1 Å². The quantitative estimate of drug-likeness (QED) is 0.846. The van der Waals surface area contributed by atoms with Crippen LogP contribution in [0.25, 0.3) is 0 Å². The monoisotopic (exact) mass is 307 g/mol. The molecule has 1 aromatic rings. The molecule has 22 heavy (non-hydrogen) atoms. The number of imidazole rings is 1. The van der Waals surface area contributed by atoms with Gasteiger partial charge in [0.25, 0.3) is 0 Å². The third-order valence-electron chi connectivity index (χ3n) is 5.49. The van der Waals surface area contributed by atoms with Crippen LogP contribution in [0.1, 0.15) is 57.0 Å². The van der Waals surface area contributed by atoms with Gasteiger partial charge in [-0.25, -0.2) is 4.98 Å². The lowest BCUT2D eigenvalue weighted by atomic mass is 9.79. The third-order valence-corrected chi connectivity index (χ3v) is 5.49. The summed E-state index contributed by atoms with van der Waals surface area (Å²) >= 11 is 0. The Morgan fingerprint density at radius 3 is 3.14 bits per heavy atom. The average Bonchev–Trinajstić information content (AvgIpc) is 3.11. The van der Waals surface area contributed by atoms with Gasteiger partial charge < -0.3 is 14.8 Å². The summed E-state index contributed by atoms with van der Waals surface area (Å²) in [5.41, 5.74) is 1.13. The summed E-state index contributed by atoms with van der Waals surface area (Å²) in [7, 11) is 1.83. The number of ether oxygens (including phenoxy) is 1. The van der Waals surface area contributed by atoms with Gasteiger partial charge in [-0.3, -0.25) is 4.90 Å². The van der Waals surface area contributed by atoms with E-state index in [9.17, 15) is 5.11 Å². The number of aliphatic hydroxyl groups is 1. The molecule has 3 atom stereocenters. The van der Waals surface area contributed by atoms with E-state index < -0.39 is 0 Å². The summed E-state index contributed by atoms with van der Waals surface area (Å²) in [5.74, 6) is 1.10. The Balaban J connectivity index is 1.66. The fourth-order valence-corrected chi connectivity index (χ4v) is 4.14. The molecule has 0 radical (unpaired) electrons. The number of methoxy groups -OCH3 is 1. The second-order valence-corrected chi connectivity index (χ2v) is 6.89. The second-order valence-electron chi connectivity index (χ2n) is 6.89. The predicted molar refractivity (Wildman–Crippen MR) is 85.6 cm³/mol. The van der Waals surface area contributed by atoms with Gasteiger partial charge in [0.1, 0.15) is 5.82 Å². The largest absolute Gasteiger partial charge is 0.393 e. The second kappa shape index (κ2) is 6.69. The van der Waals surface area contributed by atoms with Crippen molar-refractivity contribution in [2.45, 2.75) is 76.2 Å². The zero-order chi connectivity index (χ0) is 15.6. The molecule has 0 amide bonds. The maximum Gasteiger partial charge on any atom is 0.106 e. The van der Waals surface area contributed by atoms with Gasteiger partial charge in [0, 0.05) is 44.6 Å². The predicted octanol–water partition coefficient (Wildman–Crippen LogP) is 2.26. The fourth-order valence-electron chi connectivity index (χ4n) is 4.14. The number of aromatic amines is 1. The Labute approximate surface area is 133 Å². The Bertz CT molecular complexity index is 490. The Morgan fingerprint density at radius 2 is 2.36 bits per heavy atom. The maximum absolute atomic E-state index is 10.0. The number of aryl methyl sites for hydroxylation is 1. The number of aromatic nitrogens is 2. The van der Waals surface area contributed by atoms with Crippen molar-refractivity contribution in [2.24, 2.45) is 0 Å². The molecule has 3 rings (SSSR count). The molecule has 2 fully saturated rings. The Morgan fingerprint density at radius 1 is 1.50 bits per heavy atom. The minimum absolute atomic E-state index is 0.0513. The Kier molecular flexibility index (Phi) is 4.85. The van der Waals surface area contributed by atoms with E-state index in [0.29, 0.717) is 6.04 Å². The molecule has 0 unspecified atom stereocenters. The maximum atomic E-state index is 10.0. The molecule has 1 aliphatic heterocycles. The highest BCUT2D eigenvalue weighted by atomic mass is 16.5. The van der Waals surface area contributed by atoms with Crippen molar-refractivity contribution >= 4 is 0 Å². The molecule has 5 heteroatoms. The first-order valence-corrected chi connectivity index (χ1v) is 8.67. The van der Waals surface area contributed by atoms with Gasteiger partial charge in [-0.2, -0.15) is 0 Å². The van der Waals surface area contributed by atoms with Crippen molar-refractivity contribution < 1.29 is 9.84 Å². The molecular weight excluding hydrogens is 278 g/mol. The van der Waals surface area contributed by atoms with Crippen LogP contribution in [-0.4, -0.2) is 51.4 Å². The summed E-state index contributed by atoms with van der Waals surface area (Å²) in [6, 6.07) is 0.323. The highest BCUT2D eigenvalue weighted by molar-refractivity contribution is 5.08. The standard InChI is InChI=1S/C17H29N3O2/c1-3-4-5-16-18-11-13(19-16)12-20-9-8-17(22-2)7-6-14(21)10-15(17)20/h11,14-15,21H,3-10,12H2,1-2H3,(H,18,19)/t14-,15-,17+/m0/s1. The lowest BCUT2D eigenvalue weighted by Gasteiger charge is -2.42. The van der Waals surface area contributed by atoms with Crippen molar-refractivity contribution in [3.8, 4) is 0 Å². The first-order chi connectivity index (χ1) is 10.7. The number of H-pyrrole nitrogens is 1. The number of hydrogen-bond acceptors (Lipinski definition) is 4. The van der Waals surface area contributed by atoms with E-state index in [4.69, 9.17) is 4.74 Å². The Hall–Kier alpha value is -0.910. The molecule has 0 bridgehead atoms. The molecule has 2 aliphatic rings. The molecule has 0 spiro atoms. The minimum Gasteiger partial charge on any atom is -0.393 e. The van der Waals surface area contributed by atoms with E-state index in [1.807, 2.05) is 13.3 Å². The molecule has 2 N–H and O–H groups in total. The smallest absolute Gasteiger partial charge is 0.106 e. The van der Waals surface area contributed by atoms with E-state index in [2.05, 4.69) is 21.8 Å². The van der Waals surface area contributed by atoms with E-state index >= 15 is 0 Å². The van der Waals surface area contributed by atoms with Gasteiger partial charge >= 0.3 is 0 Å². The molecule has 124 valence electrons. The van der Waals surface area contributed by atoms with Gasteiger partial charge in [0.2, 0.25) is 0 Å². The highest BCUT2D eigenvalue weighted by Crippen LogP contribution is 2.42. The molecule has 5 nitrogen and oxygen atoms in total. The van der Waals surface area contributed by atoms with Crippen molar-refractivity contribution in [1.82, 2.24) is 14.9 Å². The molecule has 1 aliphatic carbocycles. The summed E-state index contributed by atoms with van der Waals surface area (Å²) in [4.78, 5) is 10.4. The van der Waals surface area contributed by atoms with Crippen LogP contribution in [0.5, 0.6) is 0 Å². The lowest BCUT2D eigenvalue weighted by Crippen LogP contribution is -2.51.